The molecule has 4 N–H and O–H groups in total. The largest absolute Gasteiger partial charge is 0.355 e. The summed E-state index contributed by atoms with van der Waals surface area (Å²) in [5, 5.41) is 5.80. The Kier molecular flexibility index (Phi) is 49.1. The van der Waals surface area contributed by atoms with Gasteiger partial charge in [0.2, 0.25) is 5.91 Å². The van der Waals surface area contributed by atoms with Crippen molar-refractivity contribution in [2.75, 3.05) is 26.7 Å². The highest BCUT2D eigenvalue weighted by Gasteiger charge is 1.94. The van der Waals surface area contributed by atoms with Gasteiger partial charge >= 0.3 is 0 Å². The van der Waals surface area contributed by atoms with E-state index in [2.05, 4.69) is 17.2 Å². The van der Waals surface area contributed by atoms with Gasteiger partial charge in [-0.05, 0) is 32.5 Å². The highest BCUT2D eigenvalue weighted by Crippen LogP contribution is 1.91. The Labute approximate surface area is 125 Å². The van der Waals surface area contributed by atoms with Gasteiger partial charge in [-0.15, -0.1) is 0 Å². The molecular formula is C15H35N3O2. The predicted octanol–water partition coefficient (Wildman–Crippen LogP) is 1.87. The number of rotatable bonds is 8. The van der Waals surface area contributed by atoms with Crippen LogP contribution in [0.25, 0.3) is 0 Å². The third-order valence-corrected chi connectivity index (χ3v) is 1.71. The van der Waals surface area contributed by atoms with Gasteiger partial charge in [-0.3, -0.25) is 9.59 Å². The summed E-state index contributed by atoms with van der Waals surface area (Å²) in [5.41, 5.74) is 5.11. The Morgan fingerprint density at radius 3 is 1.90 bits per heavy atom. The molecule has 5 heteroatoms. The number of carbonyl (C=O) groups is 2. The number of carbonyl (C=O) groups excluding carboxylic acids is 2. The molecule has 20 heavy (non-hydrogen) atoms. The van der Waals surface area contributed by atoms with E-state index >= 15 is 0 Å². The van der Waals surface area contributed by atoms with Crippen LogP contribution in [0.15, 0.2) is 12.7 Å². The van der Waals surface area contributed by atoms with Crippen molar-refractivity contribution in [3.63, 3.8) is 0 Å². The van der Waals surface area contributed by atoms with Crippen LogP contribution in [0.1, 0.15) is 47.0 Å². The Hall–Kier alpha value is -1.20. The van der Waals surface area contributed by atoms with Gasteiger partial charge in [0, 0.05) is 6.54 Å². The van der Waals surface area contributed by atoms with Crippen LogP contribution in [0.2, 0.25) is 0 Å². The second kappa shape index (κ2) is 36.1. The Balaban J connectivity index is -0.000000134. The molecule has 0 bridgehead atoms. The molecule has 0 fully saturated rings. The molecule has 0 spiro atoms. The number of nitrogens with two attached hydrogens (primary N) is 1. The molecule has 0 atom stereocenters. The van der Waals surface area contributed by atoms with Crippen LogP contribution >= 0.6 is 0 Å². The van der Waals surface area contributed by atoms with Crippen LogP contribution in [0.5, 0.6) is 0 Å². The predicted molar refractivity (Wildman–Crippen MR) is 88.8 cm³/mol. The summed E-state index contributed by atoms with van der Waals surface area (Å²) in [5.74, 6) is -0.0661. The zero-order valence-corrected chi connectivity index (χ0v) is 14.0. The maximum atomic E-state index is 10.7. The fourth-order valence-electron chi connectivity index (χ4n) is 0.904. The molecule has 5 nitrogen and oxygen atoms in total. The molecular weight excluding hydrogens is 254 g/mol. The van der Waals surface area contributed by atoms with Crippen molar-refractivity contribution in [3.8, 4) is 0 Å². The second-order valence-corrected chi connectivity index (χ2v) is 3.09. The van der Waals surface area contributed by atoms with Crippen LogP contribution in [0.4, 0.5) is 0 Å². The highest BCUT2D eigenvalue weighted by molar-refractivity contribution is 5.77. The summed E-state index contributed by atoms with van der Waals surface area (Å²) in [6.07, 6.45) is 5.17. The minimum absolute atomic E-state index is 0.0661. The number of hydrogen-bond donors (Lipinski definition) is 3. The lowest BCUT2D eigenvalue weighted by Crippen LogP contribution is -2.30. The number of unbranched alkanes of at least 4 members (excludes halogenated alkanes) is 2. The third kappa shape index (κ3) is 43.7. The van der Waals surface area contributed by atoms with Crippen LogP contribution in [0.3, 0.4) is 0 Å². The van der Waals surface area contributed by atoms with Gasteiger partial charge in [-0.2, -0.15) is 0 Å². The number of amides is 1. The van der Waals surface area contributed by atoms with Gasteiger partial charge in [-0.1, -0.05) is 40.7 Å². The van der Waals surface area contributed by atoms with Crippen molar-refractivity contribution in [1.82, 2.24) is 10.6 Å². The van der Waals surface area contributed by atoms with Crippen LogP contribution in [-0.4, -0.2) is 38.9 Å². The van der Waals surface area contributed by atoms with Crippen LogP contribution in [0, 0.1) is 0 Å². The molecule has 0 aliphatic rings. The van der Waals surface area contributed by atoms with E-state index in [1.54, 1.807) is 0 Å². The first-order chi connectivity index (χ1) is 9.72. The molecule has 0 unspecified atom stereocenters. The van der Waals surface area contributed by atoms with Gasteiger partial charge in [-0.25, -0.2) is 0 Å². The summed E-state index contributed by atoms with van der Waals surface area (Å²) in [7, 11) is 1.94. The van der Waals surface area contributed by atoms with Gasteiger partial charge < -0.3 is 16.4 Å². The topological polar surface area (TPSA) is 84.2 Å². The van der Waals surface area contributed by atoms with E-state index < -0.39 is 0 Å². The second-order valence-electron chi connectivity index (χ2n) is 3.09. The minimum Gasteiger partial charge on any atom is -0.355 e. The van der Waals surface area contributed by atoms with Gasteiger partial charge in [0.05, 0.1) is 6.54 Å². The van der Waals surface area contributed by atoms with Crippen LogP contribution in [-0.2, 0) is 9.59 Å². The molecule has 0 aliphatic carbocycles. The molecule has 0 radical (unpaired) electrons. The first-order valence-corrected chi connectivity index (χ1v) is 7.40. The lowest BCUT2D eigenvalue weighted by Gasteiger charge is -2.02. The normalized spacial score (nSPS) is 7.50. The van der Waals surface area contributed by atoms with Gasteiger partial charge in [0.15, 0.2) is 0 Å². The van der Waals surface area contributed by atoms with E-state index in [0.29, 0.717) is 6.29 Å². The van der Waals surface area contributed by atoms with E-state index in [4.69, 9.17) is 10.5 Å². The standard InChI is InChI=1S/C8H19N3O.C3H4O.2C2H6/c1-10-5-3-2-4-6-11-8(12)7-9;1-2-3-4;2*1-2/h10H,2-7,9H2,1H3,(H,11,12);2-3H,1H2;2*1-2H3. The van der Waals surface area contributed by atoms with Crippen molar-refractivity contribution in [3.05, 3.63) is 12.7 Å². The molecule has 0 heterocycles. The molecule has 122 valence electrons. The lowest BCUT2D eigenvalue weighted by atomic mass is 10.2. The summed E-state index contributed by atoms with van der Waals surface area (Å²) in [6.45, 7) is 13.0. The average Bonchev–Trinajstić information content (AvgIpc) is 2.54. The summed E-state index contributed by atoms with van der Waals surface area (Å²) in [4.78, 5) is 19.7. The van der Waals surface area contributed by atoms with Gasteiger partial charge in [0.1, 0.15) is 6.29 Å². The van der Waals surface area contributed by atoms with Crippen molar-refractivity contribution in [2.45, 2.75) is 47.0 Å². The number of nitrogens with one attached hydrogen (secondary N) is 2. The number of allylic oxidation sites excluding steroid dienone is 1. The monoisotopic (exact) mass is 289 g/mol. The molecule has 0 rings (SSSR count). The SMILES string of the molecule is C=CC=O.CC.CC.CNCCCCCNC(=O)CN. The fourth-order valence-corrected chi connectivity index (χ4v) is 0.904. The van der Waals surface area contributed by atoms with E-state index in [1.807, 2.05) is 34.7 Å². The maximum absolute atomic E-state index is 10.7. The highest BCUT2D eigenvalue weighted by atomic mass is 16.1. The molecule has 0 aliphatic heterocycles. The molecule has 0 saturated carbocycles. The van der Waals surface area contributed by atoms with Crippen molar-refractivity contribution >= 4 is 12.2 Å². The molecule has 0 aromatic heterocycles. The number of hydrogen-bond acceptors (Lipinski definition) is 4. The Morgan fingerprint density at radius 2 is 1.55 bits per heavy atom. The lowest BCUT2D eigenvalue weighted by molar-refractivity contribution is -0.119. The Bertz CT molecular complexity index is 180. The van der Waals surface area contributed by atoms with E-state index in [9.17, 15) is 4.79 Å². The first kappa shape index (κ1) is 27.2. The molecule has 0 aromatic rings. The minimum atomic E-state index is -0.0661. The van der Waals surface area contributed by atoms with Crippen molar-refractivity contribution in [2.24, 2.45) is 5.73 Å². The zero-order valence-electron chi connectivity index (χ0n) is 14.0. The summed E-state index contributed by atoms with van der Waals surface area (Å²) >= 11 is 0. The summed E-state index contributed by atoms with van der Waals surface area (Å²) < 4.78 is 0. The molecule has 0 aromatic carbocycles. The van der Waals surface area contributed by atoms with E-state index in [0.717, 1.165) is 32.4 Å². The first-order valence-electron chi connectivity index (χ1n) is 7.40. The summed E-state index contributed by atoms with van der Waals surface area (Å²) in [6, 6.07) is 0. The van der Waals surface area contributed by atoms with Crippen LogP contribution < -0.4 is 16.4 Å². The zero-order chi connectivity index (χ0) is 16.6. The van der Waals surface area contributed by atoms with Crippen molar-refractivity contribution in [1.29, 1.82) is 0 Å². The average molecular weight is 289 g/mol. The maximum Gasteiger partial charge on any atom is 0.233 e. The third-order valence-electron chi connectivity index (χ3n) is 1.71. The quantitative estimate of drug-likeness (QED) is 0.362. The molecule has 1 amide bonds. The van der Waals surface area contributed by atoms with Crippen molar-refractivity contribution < 1.29 is 9.59 Å². The fraction of sp³-hybridized carbons (Fsp3) is 0.733. The smallest absolute Gasteiger partial charge is 0.233 e. The number of aldehydes is 1. The van der Waals surface area contributed by atoms with E-state index in [-0.39, 0.29) is 12.5 Å². The van der Waals surface area contributed by atoms with E-state index in [1.165, 1.54) is 6.08 Å². The molecule has 0 saturated heterocycles. The van der Waals surface area contributed by atoms with Gasteiger partial charge in [0.25, 0.3) is 0 Å². The Morgan fingerprint density at radius 1 is 1.10 bits per heavy atom.